The predicted octanol–water partition coefficient (Wildman–Crippen LogP) is 2.87. The smallest absolute Gasteiger partial charge is 0.254 e. The molecule has 0 bridgehead atoms. The molecule has 2 aliphatic heterocycles. The summed E-state index contributed by atoms with van der Waals surface area (Å²) in [7, 11) is 1.81. The van der Waals surface area contributed by atoms with Crippen LogP contribution in [0.25, 0.3) is 0 Å². The molecule has 1 amide bonds. The quantitative estimate of drug-likeness (QED) is 0.866. The lowest BCUT2D eigenvalue weighted by Gasteiger charge is -2.34. The number of aliphatic imine (C=N–C) groups is 1. The van der Waals surface area contributed by atoms with Crippen LogP contribution in [0.2, 0.25) is 5.02 Å². The molecule has 124 valence electrons. The van der Waals surface area contributed by atoms with Crippen LogP contribution in [0.5, 0.6) is 0 Å². The van der Waals surface area contributed by atoms with Gasteiger partial charge in [0.05, 0.1) is 23.9 Å². The van der Waals surface area contributed by atoms with Gasteiger partial charge in [-0.15, -0.1) is 0 Å². The second kappa shape index (κ2) is 5.76. The molecule has 1 fully saturated rings. The van der Waals surface area contributed by atoms with Crippen LogP contribution in [0, 0.1) is 0 Å². The Hall–Kier alpha value is -2.11. The zero-order valence-electron chi connectivity index (χ0n) is 13.4. The normalized spacial score (nSPS) is 19.8. The molecular weight excluding hydrogens is 326 g/mol. The Morgan fingerprint density at radius 1 is 1.29 bits per heavy atom. The first-order valence-corrected chi connectivity index (χ1v) is 8.40. The van der Waals surface area contributed by atoms with Crippen molar-refractivity contribution in [3.05, 3.63) is 52.9 Å². The molecule has 1 N–H and O–H groups in total. The fourth-order valence-corrected chi connectivity index (χ4v) is 3.69. The minimum absolute atomic E-state index is 0.0334. The van der Waals surface area contributed by atoms with Crippen LogP contribution in [0.1, 0.15) is 24.0 Å². The number of benzene rings is 1. The number of fused-ring (bicyclic) bond motifs is 1. The Morgan fingerprint density at radius 3 is 2.79 bits per heavy atom. The van der Waals surface area contributed by atoms with Gasteiger partial charge in [-0.25, -0.2) is 0 Å². The first-order valence-electron chi connectivity index (χ1n) is 8.02. The molecule has 0 atom stereocenters. The second-order valence-electron chi connectivity index (χ2n) is 6.28. The highest BCUT2D eigenvalue weighted by Gasteiger charge is 2.44. The maximum Gasteiger partial charge on any atom is 0.254 e. The van der Waals surface area contributed by atoms with E-state index in [1.807, 2.05) is 25.2 Å². The van der Waals surface area contributed by atoms with E-state index in [1.165, 1.54) is 0 Å². The van der Waals surface area contributed by atoms with Gasteiger partial charge in [0.25, 0.3) is 5.91 Å². The van der Waals surface area contributed by atoms with Gasteiger partial charge >= 0.3 is 0 Å². The standard InChI is InChI=1S/C18H18ClN3O2/c1-22-15-3-2-13(19)10-14(15)16(12-4-9-24-11-12)21-18(17(22)23)5-7-20-8-6-18/h2-4,9-11,20H,5-8H2,1H3. The van der Waals surface area contributed by atoms with Crippen molar-refractivity contribution in [3.63, 3.8) is 0 Å². The molecule has 0 unspecified atom stereocenters. The Balaban J connectivity index is 1.98. The maximum atomic E-state index is 13.2. The lowest BCUT2D eigenvalue weighted by Crippen LogP contribution is -2.52. The van der Waals surface area contributed by atoms with Crippen LogP contribution >= 0.6 is 11.6 Å². The summed E-state index contributed by atoms with van der Waals surface area (Å²) >= 11 is 6.23. The SMILES string of the molecule is CN1C(=O)C2(CCNCC2)N=C(c2ccoc2)c2cc(Cl)ccc21. The highest BCUT2D eigenvalue weighted by atomic mass is 35.5. The van der Waals surface area contributed by atoms with E-state index in [-0.39, 0.29) is 5.91 Å². The lowest BCUT2D eigenvalue weighted by atomic mass is 9.87. The third-order valence-electron chi connectivity index (χ3n) is 4.83. The maximum absolute atomic E-state index is 13.2. The van der Waals surface area contributed by atoms with Crippen molar-refractivity contribution in [1.82, 2.24) is 5.32 Å². The van der Waals surface area contributed by atoms with Crippen LogP contribution in [-0.2, 0) is 4.79 Å². The molecule has 2 aromatic rings. The molecule has 0 saturated carbocycles. The van der Waals surface area contributed by atoms with Crippen LogP contribution in [0.15, 0.2) is 46.2 Å². The number of nitrogens with one attached hydrogen (secondary N) is 1. The largest absolute Gasteiger partial charge is 0.472 e. The summed E-state index contributed by atoms with van der Waals surface area (Å²) in [5, 5.41) is 3.93. The number of nitrogens with zero attached hydrogens (tertiary/aromatic N) is 2. The molecular formula is C18H18ClN3O2. The molecule has 1 spiro atoms. The number of furan rings is 1. The molecule has 6 heteroatoms. The number of piperidine rings is 1. The highest BCUT2D eigenvalue weighted by Crippen LogP contribution is 2.36. The van der Waals surface area contributed by atoms with E-state index in [2.05, 4.69) is 5.32 Å². The summed E-state index contributed by atoms with van der Waals surface area (Å²) in [4.78, 5) is 19.9. The number of carbonyl (C=O) groups excluding carboxylic acids is 1. The zero-order valence-corrected chi connectivity index (χ0v) is 14.1. The fourth-order valence-electron chi connectivity index (χ4n) is 3.52. The van der Waals surface area contributed by atoms with Crippen LogP contribution < -0.4 is 10.2 Å². The van der Waals surface area contributed by atoms with E-state index >= 15 is 0 Å². The van der Waals surface area contributed by atoms with Gasteiger partial charge in [-0.05, 0) is 50.2 Å². The molecule has 1 aromatic carbocycles. The average Bonchev–Trinajstić information content (AvgIpc) is 3.11. The van der Waals surface area contributed by atoms with Gasteiger partial charge in [0, 0.05) is 23.2 Å². The molecule has 5 nitrogen and oxygen atoms in total. The summed E-state index contributed by atoms with van der Waals surface area (Å²) in [6.07, 6.45) is 4.64. The van der Waals surface area contributed by atoms with E-state index in [0.717, 1.165) is 35.6 Å². The van der Waals surface area contributed by atoms with Crippen molar-refractivity contribution in [3.8, 4) is 0 Å². The van der Waals surface area contributed by atoms with Gasteiger partial charge in [-0.2, -0.15) is 0 Å². The van der Waals surface area contributed by atoms with Crippen molar-refractivity contribution in [2.24, 2.45) is 4.99 Å². The van der Waals surface area contributed by atoms with Crippen LogP contribution in [0.3, 0.4) is 0 Å². The fraction of sp³-hybridized carbons (Fsp3) is 0.333. The Bertz CT molecular complexity index is 808. The molecule has 1 aromatic heterocycles. The topological polar surface area (TPSA) is 57.8 Å². The first kappa shape index (κ1) is 15.4. The van der Waals surface area contributed by atoms with Crippen molar-refractivity contribution in [2.75, 3.05) is 25.0 Å². The number of carbonyl (C=O) groups is 1. The summed E-state index contributed by atoms with van der Waals surface area (Å²) in [5.74, 6) is 0.0334. The van der Waals surface area contributed by atoms with Crippen LogP contribution in [-0.4, -0.2) is 37.3 Å². The molecule has 4 rings (SSSR count). The molecule has 1 saturated heterocycles. The predicted molar refractivity (Wildman–Crippen MR) is 94.0 cm³/mol. The Labute approximate surface area is 145 Å². The molecule has 0 aliphatic carbocycles. The molecule has 3 heterocycles. The van der Waals surface area contributed by atoms with Crippen molar-refractivity contribution in [1.29, 1.82) is 0 Å². The van der Waals surface area contributed by atoms with Crippen molar-refractivity contribution in [2.45, 2.75) is 18.4 Å². The number of anilines is 1. The van der Waals surface area contributed by atoms with Crippen LogP contribution in [0.4, 0.5) is 5.69 Å². The van der Waals surface area contributed by atoms with E-state index in [9.17, 15) is 4.79 Å². The summed E-state index contributed by atoms with van der Waals surface area (Å²) in [6, 6.07) is 7.42. The first-order chi connectivity index (χ1) is 11.6. The summed E-state index contributed by atoms with van der Waals surface area (Å²) in [6.45, 7) is 1.55. The lowest BCUT2D eigenvalue weighted by molar-refractivity contribution is -0.124. The average molecular weight is 344 g/mol. The Morgan fingerprint density at radius 2 is 2.08 bits per heavy atom. The summed E-state index contributed by atoms with van der Waals surface area (Å²) < 4.78 is 5.26. The van der Waals surface area contributed by atoms with Gasteiger partial charge in [-0.3, -0.25) is 9.79 Å². The van der Waals surface area contributed by atoms with E-state index in [0.29, 0.717) is 17.9 Å². The minimum Gasteiger partial charge on any atom is -0.472 e. The van der Waals surface area contributed by atoms with Gasteiger partial charge in [0.1, 0.15) is 5.54 Å². The van der Waals surface area contributed by atoms with Gasteiger partial charge in [0.2, 0.25) is 0 Å². The number of hydrogen-bond acceptors (Lipinski definition) is 4. The second-order valence-corrected chi connectivity index (χ2v) is 6.72. The molecule has 0 radical (unpaired) electrons. The third kappa shape index (κ3) is 2.36. The summed E-state index contributed by atoms with van der Waals surface area (Å²) in [5.41, 5.74) is 2.56. The van der Waals surface area contributed by atoms with Crippen molar-refractivity contribution < 1.29 is 9.21 Å². The van der Waals surface area contributed by atoms with Gasteiger partial charge in [0.15, 0.2) is 0 Å². The molecule has 2 aliphatic rings. The van der Waals surface area contributed by atoms with E-state index in [4.69, 9.17) is 21.0 Å². The highest BCUT2D eigenvalue weighted by molar-refractivity contribution is 6.32. The number of halogens is 1. The number of amides is 1. The minimum atomic E-state index is -0.738. The van der Waals surface area contributed by atoms with Gasteiger partial charge < -0.3 is 14.6 Å². The number of hydrogen-bond donors (Lipinski definition) is 1. The monoisotopic (exact) mass is 343 g/mol. The van der Waals surface area contributed by atoms with E-state index in [1.54, 1.807) is 23.5 Å². The number of likely N-dealkylation sites (N-methyl/N-ethyl adjacent to an activating group) is 1. The zero-order chi connectivity index (χ0) is 16.7. The molecule has 24 heavy (non-hydrogen) atoms. The van der Waals surface area contributed by atoms with Crippen molar-refractivity contribution >= 4 is 28.9 Å². The third-order valence-corrected chi connectivity index (χ3v) is 5.06. The van der Waals surface area contributed by atoms with E-state index < -0.39 is 5.54 Å². The number of rotatable bonds is 1. The Kier molecular flexibility index (Phi) is 3.70. The van der Waals surface area contributed by atoms with Gasteiger partial charge in [-0.1, -0.05) is 11.6 Å².